The molecule has 3 rings (SSSR count). The number of hydrogen-bond acceptors (Lipinski definition) is 6. The Morgan fingerprint density at radius 1 is 1.17 bits per heavy atom. The third-order valence-corrected chi connectivity index (χ3v) is 6.01. The van der Waals surface area contributed by atoms with E-state index in [9.17, 15) is 13.2 Å². The predicted molar refractivity (Wildman–Crippen MR) is 83.2 cm³/mol. The molecule has 0 bridgehead atoms. The van der Waals surface area contributed by atoms with Crippen LogP contribution in [0.1, 0.15) is 57.8 Å². The molecule has 2 heterocycles. The van der Waals surface area contributed by atoms with Crippen LogP contribution in [0.3, 0.4) is 0 Å². The third-order valence-electron chi connectivity index (χ3n) is 4.63. The smallest absolute Gasteiger partial charge is 0.238 e. The molecule has 1 aromatic rings. The lowest BCUT2D eigenvalue weighted by molar-refractivity contribution is -0.134. The van der Waals surface area contributed by atoms with Crippen LogP contribution in [0, 0.1) is 0 Å². The number of sulfone groups is 1. The second-order valence-corrected chi connectivity index (χ2v) is 8.80. The van der Waals surface area contributed by atoms with Crippen LogP contribution < -0.4 is 0 Å². The Hall–Kier alpha value is -1.51. The standard InChI is InChI=1S/C14H23N5O3S/c1-10-4-3-5-11(2)18(10)14(20)9-23(21,22)8-13-15-16-17-19(13)12-6-7-12/h10-12H,3-9H2,1-2H3. The van der Waals surface area contributed by atoms with Gasteiger partial charge in [0.05, 0.1) is 6.04 Å². The van der Waals surface area contributed by atoms with Crippen LogP contribution >= 0.6 is 0 Å². The van der Waals surface area contributed by atoms with E-state index < -0.39 is 15.6 Å². The summed E-state index contributed by atoms with van der Waals surface area (Å²) < 4.78 is 26.4. The number of rotatable bonds is 5. The summed E-state index contributed by atoms with van der Waals surface area (Å²) in [5, 5.41) is 11.2. The lowest BCUT2D eigenvalue weighted by Crippen LogP contribution is -2.49. The number of piperidine rings is 1. The van der Waals surface area contributed by atoms with E-state index in [-0.39, 0.29) is 29.8 Å². The SMILES string of the molecule is CC1CCCC(C)N1C(=O)CS(=O)(=O)Cc1nnnn1C1CC1. The molecule has 9 heteroatoms. The van der Waals surface area contributed by atoms with Crippen LogP contribution in [0.15, 0.2) is 0 Å². The van der Waals surface area contributed by atoms with Gasteiger partial charge in [0.15, 0.2) is 15.7 Å². The molecule has 2 atom stereocenters. The molecule has 1 saturated carbocycles. The topological polar surface area (TPSA) is 98.1 Å². The van der Waals surface area contributed by atoms with Crippen LogP contribution in [0.4, 0.5) is 0 Å². The Balaban J connectivity index is 1.68. The molecule has 1 aromatic heterocycles. The Kier molecular flexibility index (Phi) is 4.39. The highest BCUT2D eigenvalue weighted by atomic mass is 32.2. The minimum absolute atomic E-state index is 0.0956. The van der Waals surface area contributed by atoms with Gasteiger partial charge < -0.3 is 4.90 Å². The van der Waals surface area contributed by atoms with Crippen molar-refractivity contribution in [2.75, 3.05) is 5.75 Å². The van der Waals surface area contributed by atoms with E-state index in [1.165, 1.54) is 0 Å². The number of tetrazole rings is 1. The lowest BCUT2D eigenvalue weighted by atomic mass is 9.98. The lowest BCUT2D eigenvalue weighted by Gasteiger charge is -2.39. The summed E-state index contributed by atoms with van der Waals surface area (Å²) in [4.78, 5) is 14.2. The van der Waals surface area contributed by atoms with Gasteiger partial charge in [0.1, 0.15) is 11.5 Å². The molecule has 0 spiro atoms. The highest BCUT2D eigenvalue weighted by molar-refractivity contribution is 7.91. The average Bonchev–Trinajstić information content (AvgIpc) is 3.18. The summed E-state index contributed by atoms with van der Waals surface area (Å²) >= 11 is 0. The van der Waals surface area contributed by atoms with Crippen molar-refractivity contribution in [2.45, 2.75) is 69.8 Å². The molecule has 1 saturated heterocycles. The fourth-order valence-corrected chi connectivity index (χ4v) is 4.54. The predicted octanol–water partition coefficient (Wildman–Crippen LogP) is 0.712. The highest BCUT2D eigenvalue weighted by Gasteiger charge is 2.33. The van der Waals surface area contributed by atoms with Gasteiger partial charge in [-0.25, -0.2) is 13.1 Å². The molecule has 2 fully saturated rings. The maximum Gasteiger partial charge on any atom is 0.238 e. The highest BCUT2D eigenvalue weighted by Crippen LogP contribution is 2.34. The van der Waals surface area contributed by atoms with Crippen molar-refractivity contribution in [3.63, 3.8) is 0 Å². The Labute approximate surface area is 136 Å². The van der Waals surface area contributed by atoms with Gasteiger partial charge in [-0.3, -0.25) is 4.79 Å². The number of amides is 1. The summed E-state index contributed by atoms with van der Waals surface area (Å²) in [6.07, 6.45) is 4.88. The molecule has 1 amide bonds. The van der Waals surface area contributed by atoms with E-state index in [4.69, 9.17) is 0 Å². The van der Waals surface area contributed by atoms with E-state index in [0.717, 1.165) is 32.1 Å². The monoisotopic (exact) mass is 341 g/mol. The van der Waals surface area contributed by atoms with Gasteiger partial charge in [-0.1, -0.05) is 0 Å². The van der Waals surface area contributed by atoms with Gasteiger partial charge in [-0.05, 0) is 56.4 Å². The van der Waals surface area contributed by atoms with E-state index in [2.05, 4.69) is 15.5 Å². The molecule has 1 aliphatic heterocycles. The summed E-state index contributed by atoms with van der Waals surface area (Å²) in [5.74, 6) is -0.729. The largest absolute Gasteiger partial charge is 0.336 e. The molecule has 0 aromatic carbocycles. The zero-order chi connectivity index (χ0) is 16.6. The van der Waals surface area contributed by atoms with Gasteiger partial charge in [-0.15, -0.1) is 5.10 Å². The maximum absolute atomic E-state index is 12.5. The van der Waals surface area contributed by atoms with Crippen molar-refractivity contribution >= 4 is 15.7 Å². The molecule has 1 aliphatic carbocycles. The number of hydrogen-bond donors (Lipinski definition) is 0. The van der Waals surface area contributed by atoms with E-state index in [0.29, 0.717) is 5.82 Å². The summed E-state index contributed by atoms with van der Waals surface area (Å²) in [7, 11) is -3.58. The first kappa shape index (κ1) is 16.4. The number of carbonyl (C=O) groups excluding carboxylic acids is 1. The minimum Gasteiger partial charge on any atom is -0.336 e. The van der Waals surface area contributed by atoms with Crippen LogP contribution in [0.2, 0.25) is 0 Å². The molecule has 2 aliphatic rings. The van der Waals surface area contributed by atoms with E-state index in [1.807, 2.05) is 13.8 Å². The zero-order valence-electron chi connectivity index (χ0n) is 13.6. The summed E-state index contributed by atoms with van der Waals surface area (Å²) in [6.45, 7) is 3.96. The Bertz CT molecular complexity index is 672. The number of nitrogens with zero attached hydrogens (tertiary/aromatic N) is 5. The summed E-state index contributed by atoms with van der Waals surface area (Å²) in [6, 6.07) is 0.407. The molecule has 0 radical (unpaired) electrons. The summed E-state index contributed by atoms with van der Waals surface area (Å²) in [5.41, 5.74) is 0. The van der Waals surface area contributed by atoms with Crippen molar-refractivity contribution in [3.8, 4) is 0 Å². The fraction of sp³-hybridized carbons (Fsp3) is 0.857. The first-order chi connectivity index (χ1) is 10.9. The van der Waals surface area contributed by atoms with Crippen molar-refractivity contribution in [2.24, 2.45) is 0 Å². The van der Waals surface area contributed by atoms with Crippen molar-refractivity contribution in [1.29, 1.82) is 0 Å². The molecule has 8 nitrogen and oxygen atoms in total. The second kappa shape index (κ2) is 6.18. The third kappa shape index (κ3) is 3.70. The normalized spacial score (nSPS) is 25.6. The zero-order valence-corrected chi connectivity index (χ0v) is 14.4. The van der Waals surface area contributed by atoms with Crippen molar-refractivity contribution < 1.29 is 13.2 Å². The van der Waals surface area contributed by atoms with Crippen LogP contribution in [0.25, 0.3) is 0 Å². The molecule has 23 heavy (non-hydrogen) atoms. The van der Waals surface area contributed by atoms with Crippen LogP contribution in [0.5, 0.6) is 0 Å². The first-order valence-corrected chi connectivity index (χ1v) is 9.98. The maximum atomic E-state index is 12.5. The van der Waals surface area contributed by atoms with Crippen molar-refractivity contribution in [3.05, 3.63) is 5.82 Å². The second-order valence-electron chi connectivity index (χ2n) is 6.73. The number of carbonyl (C=O) groups is 1. The number of likely N-dealkylation sites (tertiary alicyclic amines) is 1. The molecule has 128 valence electrons. The van der Waals surface area contributed by atoms with Gasteiger partial charge in [0.2, 0.25) is 5.91 Å². The molecule has 0 N–H and O–H groups in total. The first-order valence-electron chi connectivity index (χ1n) is 8.16. The van der Waals surface area contributed by atoms with Gasteiger partial charge >= 0.3 is 0 Å². The van der Waals surface area contributed by atoms with Crippen LogP contribution in [-0.2, 0) is 20.4 Å². The van der Waals surface area contributed by atoms with E-state index in [1.54, 1.807) is 9.58 Å². The van der Waals surface area contributed by atoms with Gasteiger partial charge in [0, 0.05) is 12.1 Å². The van der Waals surface area contributed by atoms with Crippen LogP contribution in [-0.4, -0.2) is 57.3 Å². The molecular weight excluding hydrogens is 318 g/mol. The molecule has 2 unspecified atom stereocenters. The van der Waals surface area contributed by atoms with E-state index >= 15 is 0 Å². The van der Waals surface area contributed by atoms with Gasteiger partial charge in [0.25, 0.3) is 0 Å². The Morgan fingerprint density at radius 2 is 1.83 bits per heavy atom. The number of aromatic nitrogens is 4. The van der Waals surface area contributed by atoms with Crippen molar-refractivity contribution in [1.82, 2.24) is 25.1 Å². The fourth-order valence-electron chi connectivity index (χ4n) is 3.33. The van der Waals surface area contributed by atoms with Gasteiger partial charge in [-0.2, -0.15) is 0 Å². The minimum atomic E-state index is -3.58. The average molecular weight is 341 g/mol. The Morgan fingerprint density at radius 3 is 2.43 bits per heavy atom. The molecular formula is C14H23N5O3S. The quantitative estimate of drug-likeness (QED) is 0.782.